The van der Waals surface area contributed by atoms with Gasteiger partial charge < -0.3 is 10.4 Å². The van der Waals surface area contributed by atoms with Gasteiger partial charge >= 0.3 is 5.97 Å². The minimum absolute atomic E-state index is 0.0676. The second-order valence-corrected chi connectivity index (χ2v) is 5.93. The second-order valence-electron chi connectivity index (χ2n) is 5.93. The van der Waals surface area contributed by atoms with E-state index in [4.69, 9.17) is 5.11 Å². The van der Waals surface area contributed by atoms with Gasteiger partial charge in [0.2, 0.25) is 0 Å². The highest BCUT2D eigenvalue weighted by atomic mass is 16.4. The van der Waals surface area contributed by atoms with Crippen LogP contribution < -0.4 is 5.32 Å². The molecule has 1 fully saturated rings. The first-order valence-electron chi connectivity index (χ1n) is 7.94. The van der Waals surface area contributed by atoms with Crippen molar-refractivity contribution in [3.8, 4) is 0 Å². The summed E-state index contributed by atoms with van der Waals surface area (Å²) in [4.78, 5) is 30.9. The molecule has 2 N–H and O–H groups in total. The summed E-state index contributed by atoms with van der Waals surface area (Å²) in [5, 5.41) is 11.8. The molecule has 6 heteroatoms. The number of aliphatic carboxylic acids is 1. The third kappa shape index (κ3) is 5.42. The Bertz CT molecular complexity index is 487. The fourth-order valence-electron chi connectivity index (χ4n) is 3.05. The highest BCUT2D eigenvalue weighted by molar-refractivity contribution is 5.92. The van der Waals surface area contributed by atoms with Crippen LogP contribution in [-0.4, -0.2) is 33.0 Å². The molecule has 0 bridgehead atoms. The Labute approximate surface area is 130 Å². The molecule has 6 nitrogen and oxygen atoms in total. The molecule has 1 aromatic heterocycles. The maximum atomic E-state index is 12.2. The Morgan fingerprint density at radius 2 is 2.05 bits per heavy atom. The van der Waals surface area contributed by atoms with Crippen molar-refractivity contribution in [1.29, 1.82) is 0 Å². The van der Waals surface area contributed by atoms with Crippen LogP contribution in [0.25, 0.3) is 0 Å². The zero-order chi connectivity index (χ0) is 15.8. The lowest BCUT2D eigenvalue weighted by Gasteiger charge is -2.27. The minimum Gasteiger partial charge on any atom is -0.481 e. The van der Waals surface area contributed by atoms with E-state index in [1.54, 1.807) is 0 Å². The lowest BCUT2D eigenvalue weighted by atomic mass is 9.84. The van der Waals surface area contributed by atoms with E-state index in [0.29, 0.717) is 12.3 Å². The first-order chi connectivity index (χ1) is 10.6. The molecule has 1 atom stereocenters. The van der Waals surface area contributed by atoms with Crippen LogP contribution in [0.3, 0.4) is 0 Å². The smallest absolute Gasteiger partial charge is 0.303 e. The highest BCUT2D eigenvalue weighted by Gasteiger charge is 2.22. The van der Waals surface area contributed by atoms with Crippen molar-refractivity contribution in [2.24, 2.45) is 5.92 Å². The van der Waals surface area contributed by atoms with Crippen LogP contribution in [-0.2, 0) is 4.79 Å². The van der Waals surface area contributed by atoms with Gasteiger partial charge in [-0.05, 0) is 18.8 Å². The number of carbonyl (C=O) groups is 2. The number of aromatic nitrogens is 2. The number of rotatable bonds is 7. The quantitative estimate of drug-likeness (QED) is 0.807. The molecule has 0 saturated heterocycles. The lowest BCUT2D eigenvalue weighted by molar-refractivity contribution is -0.137. The summed E-state index contributed by atoms with van der Waals surface area (Å²) in [6.45, 7) is 0. The van der Waals surface area contributed by atoms with Gasteiger partial charge in [0.1, 0.15) is 5.69 Å². The Balaban J connectivity index is 1.93. The topological polar surface area (TPSA) is 92.2 Å². The summed E-state index contributed by atoms with van der Waals surface area (Å²) in [6.07, 6.45) is 11.9. The van der Waals surface area contributed by atoms with E-state index < -0.39 is 5.97 Å². The van der Waals surface area contributed by atoms with Gasteiger partial charge in [-0.3, -0.25) is 14.6 Å². The van der Waals surface area contributed by atoms with E-state index in [0.717, 1.165) is 6.42 Å². The SMILES string of the molecule is O=C(O)CCC(CC1CCCCC1)NC(=O)c1cnccn1. The number of nitrogens with one attached hydrogen (secondary N) is 1. The molecule has 1 amide bonds. The first-order valence-corrected chi connectivity index (χ1v) is 7.94. The van der Waals surface area contributed by atoms with Crippen LogP contribution >= 0.6 is 0 Å². The Kier molecular flexibility index (Phi) is 6.30. The predicted molar refractivity (Wildman–Crippen MR) is 81.3 cm³/mol. The number of amides is 1. The summed E-state index contributed by atoms with van der Waals surface area (Å²) >= 11 is 0. The molecule has 1 saturated carbocycles. The monoisotopic (exact) mass is 305 g/mol. The van der Waals surface area contributed by atoms with Gasteiger partial charge in [0.05, 0.1) is 6.20 Å². The number of carboxylic acid groups (broad SMARTS) is 1. The zero-order valence-corrected chi connectivity index (χ0v) is 12.7. The van der Waals surface area contributed by atoms with E-state index in [9.17, 15) is 9.59 Å². The maximum absolute atomic E-state index is 12.2. The molecule has 22 heavy (non-hydrogen) atoms. The van der Waals surface area contributed by atoms with Gasteiger partial charge in [0.15, 0.2) is 0 Å². The Morgan fingerprint density at radius 1 is 1.27 bits per heavy atom. The molecule has 0 radical (unpaired) electrons. The number of hydrogen-bond acceptors (Lipinski definition) is 4. The number of carboxylic acids is 1. The Morgan fingerprint density at radius 3 is 2.68 bits per heavy atom. The fourth-order valence-corrected chi connectivity index (χ4v) is 3.05. The van der Waals surface area contributed by atoms with Gasteiger partial charge in [0, 0.05) is 24.9 Å². The number of nitrogens with zero attached hydrogens (tertiary/aromatic N) is 2. The average molecular weight is 305 g/mol. The van der Waals surface area contributed by atoms with Crippen LogP contribution in [0.1, 0.15) is 61.9 Å². The molecule has 120 valence electrons. The second kappa shape index (κ2) is 8.46. The summed E-state index contributed by atoms with van der Waals surface area (Å²) in [7, 11) is 0. The predicted octanol–water partition coefficient (Wildman–Crippen LogP) is 2.41. The van der Waals surface area contributed by atoms with Gasteiger partial charge in [-0.25, -0.2) is 4.98 Å². The molecule has 1 heterocycles. The summed E-state index contributed by atoms with van der Waals surface area (Å²) < 4.78 is 0. The van der Waals surface area contributed by atoms with E-state index in [1.165, 1.54) is 50.7 Å². The normalized spacial score (nSPS) is 16.9. The summed E-state index contributed by atoms with van der Waals surface area (Å²) in [6, 6.07) is -0.117. The van der Waals surface area contributed by atoms with E-state index in [-0.39, 0.29) is 24.1 Å². The molecule has 1 aliphatic rings. The third-order valence-corrected chi connectivity index (χ3v) is 4.18. The van der Waals surface area contributed by atoms with Gasteiger partial charge in [0.25, 0.3) is 5.91 Å². The van der Waals surface area contributed by atoms with Gasteiger partial charge in [-0.15, -0.1) is 0 Å². The molecule has 0 aromatic carbocycles. The van der Waals surface area contributed by atoms with Crippen LogP contribution in [0.5, 0.6) is 0 Å². The number of hydrogen-bond donors (Lipinski definition) is 2. The summed E-state index contributed by atoms with van der Waals surface area (Å²) in [5.41, 5.74) is 0.270. The molecular formula is C16H23N3O3. The molecular weight excluding hydrogens is 282 g/mol. The molecule has 0 spiro atoms. The third-order valence-electron chi connectivity index (χ3n) is 4.18. The van der Waals surface area contributed by atoms with Crippen molar-refractivity contribution in [2.45, 2.75) is 57.4 Å². The fraction of sp³-hybridized carbons (Fsp3) is 0.625. The Hall–Kier alpha value is -1.98. The van der Waals surface area contributed by atoms with Gasteiger partial charge in [-0.1, -0.05) is 32.1 Å². The molecule has 1 aromatic rings. The minimum atomic E-state index is -0.831. The largest absolute Gasteiger partial charge is 0.481 e. The van der Waals surface area contributed by atoms with Crippen molar-refractivity contribution in [3.05, 3.63) is 24.3 Å². The van der Waals surface area contributed by atoms with E-state index in [1.807, 2.05) is 0 Å². The average Bonchev–Trinajstić information content (AvgIpc) is 2.54. The first kappa shape index (κ1) is 16.4. The van der Waals surface area contributed by atoms with Crippen LogP contribution in [0.15, 0.2) is 18.6 Å². The van der Waals surface area contributed by atoms with Gasteiger partial charge in [-0.2, -0.15) is 0 Å². The van der Waals surface area contributed by atoms with Crippen molar-refractivity contribution in [3.63, 3.8) is 0 Å². The van der Waals surface area contributed by atoms with Crippen LogP contribution in [0, 0.1) is 5.92 Å². The van der Waals surface area contributed by atoms with Crippen LogP contribution in [0.2, 0.25) is 0 Å². The maximum Gasteiger partial charge on any atom is 0.303 e. The molecule has 0 aliphatic heterocycles. The van der Waals surface area contributed by atoms with E-state index >= 15 is 0 Å². The van der Waals surface area contributed by atoms with Crippen molar-refractivity contribution in [2.75, 3.05) is 0 Å². The molecule has 1 unspecified atom stereocenters. The zero-order valence-electron chi connectivity index (χ0n) is 12.7. The highest BCUT2D eigenvalue weighted by Crippen LogP contribution is 2.28. The summed E-state index contributed by atoms with van der Waals surface area (Å²) in [5.74, 6) is -0.531. The standard InChI is InChI=1S/C16H23N3O3/c20-15(21)7-6-13(10-12-4-2-1-3-5-12)19-16(22)14-11-17-8-9-18-14/h8-9,11-13H,1-7,10H2,(H,19,22)(H,20,21). The van der Waals surface area contributed by atoms with Crippen molar-refractivity contribution in [1.82, 2.24) is 15.3 Å². The molecule has 1 aliphatic carbocycles. The van der Waals surface area contributed by atoms with Crippen molar-refractivity contribution < 1.29 is 14.7 Å². The van der Waals surface area contributed by atoms with E-state index in [2.05, 4.69) is 15.3 Å². The number of carbonyl (C=O) groups excluding carboxylic acids is 1. The lowest BCUT2D eigenvalue weighted by Crippen LogP contribution is -2.37. The van der Waals surface area contributed by atoms with Crippen LogP contribution in [0.4, 0.5) is 0 Å². The molecule has 2 rings (SSSR count). The van der Waals surface area contributed by atoms with Crippen molar-refractivity contribution >= 4 is 11.9 Å².